The van der Waals surface area contributed by atoms with E-state index in [1.807, 2.05) is 0 Å². The number of hydrogen-bond acceptors (Lipinski definition) is 2. The first-order valence-electron chi connectivity index (χ1n) is 4.32. The van der Waals surface area contributed by atoms with E-state index in [1.165, 1.54) is 25.8 Å². The molecule has 0 radical (unpaired) electrons. The van der Waals surface area contributed by atoms with Gasteiger partial charge in [-0.3, -0.25) is 0 Å². The van der Waals surface area contributed by atoms with Gasteiger partial charge in [-0.1, -0.05) is 6.92 Å². The summed E-state index contributed by atoms with van der Waals surface area (Å²) < 4.78 is 0. The van der Waals surface area contributed by atoms with Crippen molar-refractivity contribution in [1.29, 1.82) is 0 Å². The fourth-order valence-corrected chi connectivity index (χ4v) is 1.78. The first-order chi connectivity index (χ1) is 4.88. The predicted molar refractivity (Wildman–Crippen MR) is 43.9 cm³/mol. The van der Waals surface area contributed by atoms with Gasteiger partial charge in [0.2, 0.25) is 0 Å². The van der Waals surface area contributed by atoms with Crippen LogP contribution in [-0.2, 0) is 0 Å². The molecule has 0 bridgehead atoms. The van der Waals surface area contributed by atoms with Gasteiger partial charge in [0.25, 0.3) is 0 Å². The zero-order chi connectivity index (χ0) is 7.40. The lowest BCUT2D eigenvalue weighted by Crippen LogP contribution is -2.43. The molecule has 1 heterocycles. The molecule has 10 heavy (non-hydrogen) atoms. The molecule has 3 N–H and O–H groups in total. The summed E-state index contributed by atoms with van der Waals surface area (Å²) in [5.41, 5.74) is 5.63. The smallest absolute Gasteiger partial charge is 0.0105 e. The summed E-state index contributed by atoms with van der Waals surface area (Å²) in [6, 6.07) is 0.693. The molecule has 0 amide bonds. The average molecular weight is 142 g/mol. The summed E-state index contributed by atoms with van der Waals surface area (Å²) in [6.07, 6.45) is 3.85. The third-order valence-corrected chi connectivity index (χ3v) is 2.47. The molecular weight excluding hydrogens is 124 g/mol. The van der Waals surface area contributed by atoms with Crippen molar-refractivity contribution in [3.05, 3.63) is 0 Å². The lowest BCUT2D eigenvalue weighted by Gasteiger charge is -2.30. The second kappa shape index (κ2) is 3.94. The van der Waals surface area contributed by atoms with Crippen molar-refractivity contribution < 1.29 is 0 Å². The minimum Gasteiger partial charge on any atom is -0.330 e. The van der Waals surface area contributed by atoms with Gasteiger partial charge in [-0.25, -0.2) is 0 Å². The van der Waals surface area contributed by atoms with E-state index in [9.17, 15) is 0 Å². The van der Waals surface area contributed by atoms with Crippen LogP contribution in [0.3, 0.4) is 0 Å². The van der Waals surface area contributed by atoms with Crippen LogP contribution in [-0.4, -0.2) is 19.1 Å². The Balaban J connectivity index is 2.34. The highest BCUT2D eigenvalue weighted by Gasteiger charge is 2.20. The van der Waals surface area contributed by atoms with E-state index < -0.39 is 0 Å². The molecule has 1 rings (SSSR count). The summed E-state index contributed by atoms with van der Waals surface area (Å²) in [6.45, 7) is 4.27. The first-order valence-corrected chi connectivity index (χ1v) is 4.32. The van der Waals surface area contributed by atoms with Crippen LogP contribution in [0.4, 0.5) is 0 Å². The van der Waals surface area contributed by atoms with Crippen molar-refractivity contribution >= 4 is 0 Å². The molecule has 1 fully saturated rings. The average Bonchev–Trinajstić information content (AvgIpc) is 2.04. The predicted octanol–water partition coefficient (Wildman–Crippen LogP) is 0.723. The third kappa shape index (κ3) is 1.70. The molecule has 1 aliphatic heterocycles. The first kappa shape index (κ1) is 8.02. The van der Waals surface area contributed by atoms with E-state index in [1.54, 1.807) is 0 Å². The number of piperidine rings is 1. The number of hydrogen-bond donors (Lipinski definition) is 2. The standard InChI is InChI=1S/C8H18N2/c1-2-8-7(6-9)4-3-5-10-8/h7-8,10H,2-6,9H2,1H3. The zero-order valence-electron chi connectivity index (χ0n) is 6.77. The molecule has 2 atom stereocenters. The summed E-state index contributed by atoms with van der Waals surface area (Å²) >= 11 is 0. The Bertz CT molecular complexity index is 81.3. The van der Waals surface area contributed by atoms with Crippen LogP contribution in [0.15, 0.2) is 0 Å². The Hall–Kier alpha value is -0.0800. The van der Waals surface area contributed by atoms with Crippen LogP contribution in [0, 0.1) is 5.92 Å². The Morgan fingerprint density at radius 1 is 1.60 bits per heavy atom. The molecule has 0 aliphatic carbocycles. The topological polar surface area (TPSA) is 38.0 Å². The molecule has 0 aromatic carbocycles. The van der Waals surface area contributed by atoms with E-state index in [0.29, 0.717) is 6.04 Å². The molecule has 0 spiro atoms. The van der Waals surface area contributed by atoms with Gasteiger partial charge >= 0.3 is 0 Å². The van der Waals surface area contributed by atoms with E-state index in [-0.39, 0.29) is 0 Å². The second-order valence-electron chi connectivity index (χ2n) is 3.11. The highest BCUT2D eigenvalue weighted by molar-refractivity contribution is 4.80. The van der Waals surface area contributed by atoms with Crippen LogP contribution >= 0.6 is 0 Å². The van der Waals surface area contributed by atoms with E-state index in [0.717, 1.165) is 12.5 Å². The maximum Gasteiger partial charge on any atom is 0.0105 e. The summed E-state index contributed by atoms with van der Waals surface area (Å²) in [5.74, 6) is 0.735. The molecule has 1 saturated heterocycles. The molecule has 2 unspecified atom stereocenters. The number of rotatable bonds is 2. The second-order valence-corrected chi connectivity index (χ2v) is 3.11. The third-order valence-electron chi connectivity index (χ3n) is 2.47. The van der Waals surface area contributed by atoms with Crippen molar-refractivity contribution in [2.75, 3.05) is 13.1 Å². The molecular formula is C8H18N2. The van der Waals surface area contributed by atoms with Gasteiger partial charge in [0.05, 0.1) is 0 Å². The lowest BCUT2D eigenvalue weighted by atomic mass is 9.89. The van der Waals surface area contributed by atoms with Gasteiger partial charge in [0, 0.05) is 6.04 Å². The lowest BCUT2D eigenvalue weighted by molar-refractivity contribution is 0.280. The van der Waals surface area contributed by atoms with Crippen molar-refractivity contribution in [2.45, 2.75) is 32.2 Å². The van der Waals surface area contributed by atoms with Gasteiger partial charge < -0.3 is 11.1 Å². The van der Waals surface area contributed by atoms with Crippen molar-refractivity contribution in [2.24, 2.45) is 11.7 Å². The normalized spacial score (nSPS) is 34.2. The van der Waals surface area contributed by atoms with Crippen LogP contribution < -0.4 is 11.1 Å². The maximum atomic E-state index is 5.63. The Morgan fingerprint density at radius 3 is 2.90 bits per heavy atom. The molecule has 2 heteroatoms. The van der Waals surface area contributed by atoms with E-state index in [4.69, 9.17) is 5.73 Å². The van der Waals surface area contributed by atoms with E-state index >= 15 is 0 Å². The highest BCUT2D eigenvalue weighted by Crippen LogP contribution is 2.16. The molecule has 60 valence electrons. The Labute approximate surface area is 63.2 Å². The molecule has 2 nitrogen and oxygen atoms in total. The summed E-state index contributed by atoms with van der Waals surface area (Å²) in [4.78, 5) is 0. The monoisotopic (exact) mass is 142 g/mol. The fraction of sp³-hybridized carbons (Fsp3) is 1.00. The Morgan fingerprint density at radius 2 is 2.40 bits per heavy atom. The maximum absolute atomic E-state index is 5.63. The summed E-state index contributed by atoms with van der Waals surface area (Å²) in [5, 5.41) is 3.49. The van der Waals surface area contributed by atoms with Crippen LogP contribution in [0.2, 0.25) is 0 Å². The van der Waals surface area contributed by atoms with Gasteiger partial charge in [0.1, 0.15) is 0 Å². The molecule has 1 aliphatic rings. The number of nitrogens with two attached hydrogens (primary N) is 1. The fourth-order valence-electron chi connectivity index (χ4n) is 1.78. The summed E-state index contributed by atoms with van der Waals surface area (Å²) in [7, 11) is 0. The molecule has 0 aromatic rings. The van der Waals surface area contributed by atoms with Crippen molar-refractivity contribution in [1.82, 2.24) is 5.32 Å². The SMILES string of the molecule is CCC1NCCCC1CN. The van der Waals surface area contributed by atoms with Gasteiger partial charge in [-0.15, -0.1) is 0 Å². The molecule has 0 saturated carbocycles. The van der Waals surface area contributed by atoms with Gasteiger partial charge in [-0.2, -0.15) is 0 Å². The minimum absolute atomic E-state index is 0.693. The highest BCUT2D eigenvalue weighted by atomic mass is 14.9. The van der Waals surface area contributed by atoms with Crippen LogP contribution in [0.1, 0.15) is 26.2 Å². The molecule has 0 aromatic heterocycles. The van der Waals surface area contributed by atoms with Gasteiger partial charge in [-0.05, 0) is 38.3 Å². The largest absolute Gasteiger partial charge is 0.330 e. The van der Waals surface area contributed by atoms with E-state index in [2.05, 4.69) is 12.2 Å². The Kier molecular flexibility index (Phi) is 3.16. The van der Waals surface area contributed by atoms with Crippen molar-refractivity contribution in [3.63, 3.8) is 0 Å². The van der Waals surface area contributed by atoms with Crippen LogP contribution in [0.25, 0.3) is 0 Å². The minimum atomic E-state index is 0.693. The van der Waals surface area contributed by atoms with Gasteiger partial charge in [0.15, 0.2) is 0 Å². The van der Waals surface area contributed by atoms with Crippen molar-refractivity contribution in [3.8, 4) is 0 Å². The number of nitrogens with one attached hydrogen (secondary N) is 1. The van der Waals surface area contributed by atoms with Crippen LogP contribution in [0.5, 0.6) is 0 Å². The zero-order valence-corrected chi connectivity index (χ0v) is 6.77. The quantitative estimate of drug-likeness (QED) is 0.596.